The number of benzene rings is 1. The summed E-state index contributed by atoms with van der Waals surface area (Å²) in [6.45, 7) is 4.69. The number of amides is 1. The van der Waals surface area contributed by atoms with Crippen LogP contribution in [-0.4, -0.2) is 60.2 Å². The van der Waals surface area contributed by atoms with Gasteiger partial charge in [-0.15, -0.1) is 0 Å². The molecular weight excluding hydrogens is 402 g/mol. The molecule has 5 rings (SSSR count). The van der Waals surface area contributed by atoms with Crippen LogP contribution in [0.2, 0.25) is 0 Å². The third kappa shape index (κ3) is 3.81. The van der Waals surface area contributed by atoms with E-state index in [0.717, 1.165) is 35.7 Å². The minimum atomic E-state index is 0.104. The van der Waals surface area contributed by atoms with E-state index in [2.05, 4.69) is 47.1 Å². The monoisotopic (exact) mass is 433 g/mol. The van der Waals surface area contributed by atoms with Crippen molar-refractivity contribution in [2.24, 2.45) is 0 Å². The van der Waals surface area contributed by atoms with E-state index in [1.807, 2.05) is 11.1 Å². The molecule has 1 amide bonds. The maximum atomic E-state index is 12.5. The maximum Gasteiger partial charge on any atom is 0.225 e. The van der Waals surface area contributed by atoms with Gasteiger partial charge in [0.1, 0.15) is 0 Å². The van der Waals surface area contributed by atoms with Gasteiger partial charge in [0.15, 0.2) is 5.82 Å². The molecule has 32 heavy (non-hydrogen) atoms. The van der Waals surface area contributed by atoms with Gasteiger partial charge >= 0.3 is 0 Å². The van der Waals surface area contributed by atoms with E-state index in [1.54, 1.807) is 7.11 Å². The molecule has 7 nitrogen and oxygen atoms in total. The van der Waals surface area contributed by atoms with Gasteiger partial charge in [0.2, 0.25) is 5.91 Å². The molecule has 3 heterocycles. The van der Waals surface area contributed by atoms with Crippen LogP contribution in [0.25, 0.3) is 22.0 Å². The molecule has 0 bridgehead atoms. The first-order valence-corrected chi connectivity index (χ1v) is 11.5. The predicted molar refractivity (Wildman–Crippen MR) is 128 cm³/mol. The van der Waals surface area contributed by atoms with Gasteiger partial charge in [-0.2, -0.15) is 0 Å². The van der Waals surface area contributed by atoms with Gasteiger partial charge in [-0.05, 0) is 43.5 Å². The minimum absolute atomic E-state index is 0.104. The fraction of sp³-hybridized carbons (Fsp3) is 0.440. The topological polar surface area (TPSA) is 87.5 Å². The number of nitrogens with one attached hydrogen (secondary N) is 1. The van der Waals surface area contributed by atoms with E-state index >= 15 is 0 Å². The molecule has 168 valence electrons. The first kappa shape index (κ1) is 20.8. The number of hydrogen-bond acceptors (Lipinski definition) is 5. The molecule has 1 aliphatic carbocycles. The third-order valence-electron chi connectivity index (χ3n) is 6.68. The van der Waals surface area contributed by atoms with Gasteiger partial charge in [-0.25, -0.2) is 4.98 Å². The van der Waals surface area contributed by atoms with Crippen LogP contribution in [-0.2, 0) is 9.53 Å². The van der Waals surface area contributed by atoms with Crippen molar-refractivity contribution in [1.29, 1.82) is 0 Å². The molecule has 1 saturated carbocycles. The molecule has 1 saturated heterocycles. The van der Waals surface area contributed by atoms with Crippen LogP contribution in [0, 0.1) is 0 Å². The highest BCUT2D eigenvalue weighted by molar-refractivity contribution is 5.96. The molecule has 1 atom stereocenters. The number of ether oxygens (including phenoxy) is 1. The first-order valence-electron chi connectivity index (χ1n) is 11.5. The number of methoxy groups -OCH3 is 1. The van der Waals surface area contributed by atoms with Crippen molar-refractivity contribution in [2.45, 2.75) is 38.1 Å². The average Bonchev–Trinajstić information content (AvgIpc) is 3.52. The fourth-order valence-electron chi connectivity index (χ4n) is 4.84. The lowest BCUT2D eigenvalue weighted by atomic mass is 9.97. The summed E-state index contributed by atoms with van der Waals surface area (Å²) in [7, 11) is 1.63. The Morgan fingerprint density at radius 1 is 1.25 bits per heavy atom. The summed E-state index contributed by atoms with van der Waals surface area (Å²) in [5.74, 6) is 1.49. The number of H-pyrrole nitrogens is 1. The van der Waals surface area contributed by atoms with E-state index in [1.165, 1.54) is 23.8 Å². The number of fused-ring (bicyclic) bond motifs is 1. The van der Waals surface area contributed by atoms with Gasteiger partial charge in [0, 0.05) is 61.4 Å². The molecule has 1 aromatic carbocycles. The van der Waals surface area contributed by atoms with Crippen molar-refractivity contribution in [2.75, 3.05) is 44.0 Å². The quantitative estimate of drug-likeness (QED) is 0.618. The molecule has 1 aliphatic heterocycles. The lowest BCUT2D eigenvalue weighted by molar-refractivity contribution is -0.134. The van der Waals surface area contributed by atoms with Crippen molar-refractivity contribution >= 4 is 28.3 Å². The van der Waals surface area contributed by atoms with Gasteiger partial charge in [0.05, 0.1) is 24.4 Å². The van der Waals surface area contributed by atoms with Gasteiger partial charge in [-0.1, -0.05) is 12.1 Å². The molecule has 0 unspecified atom stereocenters. The summed E-state index contributed by atoms with van der Waals surface area (Å²) in [4.78, 5) is 25.1. The standard InChI is InChI=1S/C25H31N5O2/c1-16-15-29(11-12-30(16)23(31)9-13-32-2)25-21(26)14-20(24(28-25)17-6-7-17)18-4-3-5-22-19(18)8-10-27-22/h3-5,8,10,14,16-17,27H,6-7,9,11-13,15,26H2,1-2H3/t16-/m1/s1. The molecule has 3 aromatic rings. The number of aromatic nitrogens is 2. The number of rotatable bonds is 6. The third-order valence-corrected chi connectivity index (χ3v) is 6.68. The number of pyridine rings is 1. The number of nitrogens with zero attached hydrogens (tertiary/aromatic N) is 3. The van der Waals surface area contributed by atoms with Crippen LogP contribution >= 0.6 is 0 Å². The second-order valence-corrected chi connectivity index (χ2v) is 8.98. The van der Waals surface area contributed by atoms with E-state index in [4.69, 9.17) is 15.5 Å². The number of anilines is 2. The number of aromatic amines is 1. The molecule has 0 radical (unpaired) electrons. The predicted octanol–water partition coefficient (Wildman–Crippen LogP) is 3.76. The summed E-state index contributed by atoms with van der Waals surface area (Å²) >= 11 is 0. The number of carbonyl (C=O) groups is 1. The number of hydrogen-bond donors (Lipinski definition) is 2. The molecule has 2 aliphatic rings. The Balaban J connectivity index is 1.45. The highest BCUT2D eigenvalue weighted by Crippen LogP contribution is 2.46. The Kier molecular flexibility index (Phi) is 5.51. The largest absolute Gasteiger partial charge is 0.396 e. The van der Waals surface area contributed by atoms with Crippen LogP contribution in [0.5, 0.6) is 0 Å². The van der Waals surface area contributed by atoms with Gasteiger partial charge < -0.3 is 25.3 Å². The van der Waals surface area contributed by atoms with Crippen molar-refractivity contribution < 1.29 is 9.53 Å². The summed E-state index contributed by atoms with van der Waals surface area (Å²) in [6.07, 6.45) is 4.74. The average molecular weight is 434 g/mol. The SMILES string of the molecule is COCCC(=O)N1CCN(c2nc(C3CC3)c(-c3cccc4[nH]ccc34)cc2N)C[C@H]1C. The van der Waals surface area contributed by atoms with E-state index in [-0.39, 0.29) is 11.9 Å². The zero-order valence-corrected chi connectivity index (χ0v) is 18.8. The minimum Gasteiger partial charge on any atom is -0.396 e. The van der Waals surface area contributed by atoms with Crippen molar-refractivity contribution in [3.8, 4) is 11.1 Å². The van der Waals surface area contributed by atoms with E-state index in [0.29, 0.717) is 31.2 Å². The van der Waals surface area contributed by atoms with Gasteiger partial charge in [-0.3, -0.25) is 4.79 Å². The lowest BCUT2D eigenvalue weighted by Gasteiger charge is -2.41. The Hall–Kier alpha value is -3.06. The summed E-state index contributed by atoms with van der Waals surface area (Å²) in [5.41, 5.74) is 11.9. The summed E-state index contributed by atoms with van der Waals surface area (Å²) in [5, 5.41) is 1.19. The number of nitrogen functional groups attached to an aromatic ring is 1. The van der Waals surface area contributed by atoms with Crippen molar-refractivity contribution in [3.05, 3.63) is 42.2 Å². The Morgan fingerprint density at radius 3 is 2.84 bits per heavy atom. The van der Waals surface area contributed by atoms with Crippen LogP contribution in [0.4, 0.5) is 11.5 Å². The smallest absolute Gasteiger partial charge is 0.225 e. The molecule has 2 aromatic heterocycles. The number of piperazine rings is 1. The number of carbonyl (C=O) groups excluding carboxylic acids is 1. The Labute approximate surface area is 188 Å². The first-order chi connectivity index (χ1) is 15.6. The highest BCUT2D eigenvalue weighted by Gasteiger charge is 2.32. The maximum absolute atomic E-state index is 12.5. The second-order valence-electron chi connectivity index (χ2n) is 8.98. The Bertz CT molecular complexity index is 1140. The molecule has 2 fully saturated rings. The normalized spacial score (nSPS) is 19.0. The van der Waals surface area contributed by atoms with Crippen LogP contribution in [0.1, 0.15) is 37.8 Å². The zero-order valence-electron chi connectivity index (χ0n) is 18.8. The molecular formula is C25H31N5O2. The van der Waals surface area contributed by atoms with Crippen molar-refractivity contribution in [3.63, 3.8) is 0 Å². The second kappa shape index (κ2) is 8.47. The van der Waals surface area contributed by atoms with Crippen LogP contribution in [0.3, 0.4) is 0 Å². The van der Waals surface area contributed by atoms with Gasteiger partial charge in [0.25, 0.3) is 0 Å². The van der Waals surface area contributed by atoms with Crippen LogP contribution < -0.4 is 10.6 Å². The van der Waals surface area contributed by atoms with E-state index in [9.17, 15) is 4.79 Å². The molecule has 3 N–H and O–H groups in total. The molecule has 0 spiro atoms. The zero-order chi connectivity index (χ0) is 22.2. The number of nitrogens with two attached hydrogens (primary N) is 1. The lowest BCUT2D eigenvalue weighted by Crippen LogP contribution is -2.54. The van der Waals surface area contributed by atoms with Crippen molar-refractivity contribution in [1.82, 2.24) is 14.9 Å². The fourth-order valence-corrected chi connectivity index (χ4v) is 4.84. The van der Waals surface area contributed by atoms with Crippen LogP contribution in [0.15, 0.2) is 36.5 Å². The summed E-state index contributed by atoms with van der Waals surface area (Å²) < 4.78 is 5.07. The molecule has 7 heteroatoms. The Morgan fingerprint density at radius 2 is 2.09 bits per heavy atom. The summed E-state index contributed by atoms with van der Waals surface area (Å²) in [6, 6.07) is 10.7. The van der Waals surface area contributed by atoms with E-state index < -0.39 is 0 Å². The highest BCUT2D eigenvalue weighted by atomic mass is 16.5.